The van der Waals surface area contributed by atoms with Crippen LogP contribution in [0.3, 0.4) is 0 Å². The summed E-state index contributed by atoms with van der Waals surface area (Å²) in [5, 5.41) is 0.304. The monoisotopic (exact) mass is 368 g/mol. The fourth-order valence-corrected chi connectivity index (χ4v) is 4.94. The van der Waals surface area contributed by atoms with Crippen molar-refractivity contribution in [3.63, 3.8) is 0 Å². The third-order valence-electron chi connectivity index (χ3n) is 5.11. The molecule has 0 radical (unpaired) electrons. The molecule has 2 aliphatic heterocycles. The molecule has 132 valence electrons. The molecule has 0 aliphatic carbocycles. The van der Waals surface area contributed by atoms with Crippen molar-refractivity contribution in [2.45, 2.75) is 10.3 Å². The first-order valence-corrected chi connectivity index (χ1v) is 10.0. The van der Waals surface area contributed by atoms with Gasteiger partial charge in [0, 0.05) is 29.4 Å². The average molecular weight is 369 g/mol. The lowest BCUT2D eigenvalue weighted by molar-refractivity contribution is 0.991. The number of allylic oxidation sites excluding steroid dienone is 2. The molecule has 0 saturated carbocycles. The second kappa shape index (κ2) is 6.67. The third-order valence-corrected chi connectivity index (χ3v) is 6.40. The van der Waals surface area contributed by atoms with Gasteiger partial charge in [0.2, 0.25) is 0 Å². The molecule has 2 aliphatic rings. The van der Waals surface area contributed by atoms with E-state index in [-0.39, 0.29) is 0 Å². The molecule has 1 unspecified atom stereocenters. The summed E-state index contributed by atoms with van der Waals surface area (Å²) in [6.45, 7) is 0. The molecule has 0 bridgehead atoms. The van der Waals surface area contributed by atoms with Gasteiger partial charge in [0.1, 0.15) is 0 Å². The lowest BCUT2D eigenvalue weighted by Gasteiger charge is -2.28. The Bertz CT molecular complexity index is 1040. The first-order valence-electron chi connectivity index (χ1n) is 9.13. The number of fused-ring (bicyclic) bond motifs is 2. The van der Waals surface area contributed by atoms with Crippen molar-refractivity contribution in [1.29, 1.82) is 0 Å². The van der Waals surface area contributed by atoms with Gasteiger partial charge in [-0.25, -0.2) is 0 Å². The van der Waals surface area contributed by atoms with Gasteiger partial charge in [0.25, 0.3) is 0 Å². The summed E-state index contributed by atoms with van der Waals surface area (Å²) in [6.07, 6.45) is 6.78. The Hall–Kier alpha value is -2.91. The Morgan fingerprint density at radius 3 is 2.33 bits per heavy atom. The average Bonchev–Trinajstić information content (AvgIpc) is 3.05. The fourth-order valence-electron chi connectivity index (χ4n) is 3.71. The summed E-state index contributed by atoms with van der Waals surface area (Å²) >= 11 is 1.91. The lowest BCUT2D eigenvalue weighted by atomic mass is 9.99. The van der Waals surface area contributed by atoms with E-state index in [2.05, 4.69) is 114 Å². The van der Waals surface area contributed by atoms with Crippen molar-refractivity contribution in [3.8, 4) is 0 Å². The van der Waals surface area contributed by atoms with Crippen molar-refractivity contribution >= 4 is 34.4 Å². The van der Waals surface area contributed by atoms with Crippen LogP contribution < -0.4 is 9.80 Å². The van der Waals surface area contributed by atoms with Gasteiger partial charge in [-0.3, -0.25) is 0 Å². The van der Waals surface area contributed by atoms with Crippen LogP contribution >= 0.6 is 11.8 Å². The lowest BCUT2D eigenvalue weighted by Crippen LogP contribution is -2.23. The molecule has 0 N–H and O–H groups in total. The minimum atomic E-state index is 0.304. The SMILES string of the molecule is CN1c2ccccc2SC1C=C1C=CN(c2ccccc2)c2ccccc21. The second-order valence-corrected chi connectivity index (χ2v) is 7.91. The molecule has 0 spiro atoms. The molecule has 5 rings (SSSR count). The molecular weight excluding hydrogens is 348 g/mol. The van der Waals surface area contributed by atoms with Crippen LogP contribution in [-0.2, 0) is 0 Å². The highest BCUT2D eigenvalue weighted by Gasteiger charge is 2.26. The first-order chi connectivity index (χ1) is 13.3. The van der Waals surface area contributed by atoms with Crippen LogP contribution in [-0.4, -0.2) is 12.4 Å². The highest BCUT2D eigenvalue weighted by Crippen LogP contribution is 2.45. The topological polar surface area (TPSA) is 6.48 Å². The van der Waals surface area contributed by atoms with E-state index < -0.39 is 0 Å². The van der Waals surface area contributed by atoms with Gasteiger partial charge in [0.15, 0.2) is 0 Å². The van der Waals surface area contributed by atoms with Gasteiger partial charge in [-0.05, 0) is 48.1 Å². The number of rotatable bonds is 2. The summed E-state index contributed by atoms with van der Waals surface area (Å²) in [4.78, 5) is 5.96. The highest BCUT2D eigenvalue weighted by molar-refractivity contribution is 8.00. The van der Waals surface area contributed by atoms with Crippen LogP contribution in [0.1, 0.15) is 5.56 Å². The molecule has 2 nitrogen and oxygen atoms in total. The molecule has 3 aromatic rings. The number of hydrogen-bond donors (Lipinski definition) is 0. The molecular formula is C24H20N2S. The second-order valence-electron chi connectivity index (χ2n) is 6.75. The van der Waals surface area contributed by atoms with Gasteiger partial charge < -0.3 is 9.80 Å². The van der Waals surface area contributed by atoms with E-state index in [4.69, 9.17) is 0 Å². The van der Waals surface area contributed by atoms with Crippen LogP contribution in [0.5, 0.6) is 0 Å². The molecule has 27 heavy (non-hydrogen) atoms. The quantitative estimate of drug-likeness (QED) is 0.524. The largest absolute Gasteiger partial charge is 0.358 e. The molecule has 0 aromatic heterocycles. The highest BCUT2D eigenvalue weighted by atomic mass is 32.2. The van der Waals surface area contributed by atoms with Gasteiger partial charge >= 0.3 is 0 Å². The molecule has 0 amide bonds. The molecule has 2 heterocycles. The number of anilines is 3. The number of thioether (sulfide) groups is 1. The summed E-state index contributed by atoms with van der Waals surface area (Å²) in [6, 6.07) is 27.8. The zero-order valence-corrected chi connectivity index (χ0v) is 15.9. The van der Waals surface area contributed by atoms with Gasteiger partial charge in [0.05, 0.1) is 16.7 Å². The van der Waals surface area contributed by atoms with E-state index in [1.807, 2.05) is 11.8 Å². The van der Waals surface area contributed by atoms with E-state index in [9.17, 15) is 0 Å². The maximum absolute atomic E-state index is 2.38. The summed E-state index contributed by atoms with van der Waals surface area (Å²) < 4.78 is 0. The predicted molar refractivity (Wildman–Crippen MR) is 117 cm³/mol. The maximum atomic E-state index is 2.38. The zero-order chi connectivity index (χ0) is 18.2. The standard InChI is InChI=1S/C24H20N2S/c1-25-22-13-7-8-14-23(22)27-24(25)17-18-15-16-26(19-9-3-2-4-10-19)21-12-6-5-11-20(18)21/h2-17,24H,1H3. The van der Waals surface area contributed by atoms with E-state index >= 15 is 0 Å². The molecule has 0 fully saturated rings. The van der Waals surface area contributed by atoms with Crippen molar-refractivity contribution in [3.05, 3.63) is 103 Å². The Morgan fingerprint density at radius 1 is 0.815 bits per heavy atom. The van der Waals surface area contributed by atoms with Gasteiger partial charge in [-0.1, -0.05) is 60.3 Å². The van der Waals surface area contributed by atoms with E-state index in [1.165, 1.54) is 33.1 Å². The summed E-state index contributed by atoms with van der Waals surface area (Å²) in [5.41, 5.74) is 6.26. The Balaban J connectivity index is 1.53. The summed E-state index contributed by atoms with van der Waals surface area (Å²) in [7, 11) is 2.18. The van der Waals surface area contributed by atoms with Crippen LogP contribution in [0.25, 0.3) is 5.57 Å². The number of likely N-dealkylation sites (N-methyl/N-ethyl adjacent to an activating group) is 1. The predicted octanol–water partition coefficient (Wildman–Crippen LogP) is 6.30. The minimum absolute atomic E-state index is 0.304. The van der Waals surface area contributed by atoms with Crippen molar-refractivity contribution in [1.82, 2.24) is 0 Å². The molecule has 3 heteroatoms. The van der Waals surface area contributed by atoms with Crippen molar-refractivity contribution < 1.29 is 0 Å². The zero-order valence-electron chi connectivity index (χ0n) is 15.1. The third kappa shape index (κ3) is 2.84. The number of benzene rings is 3. The minimum Gasteiger partial charge on any atom is -0.358 e. The van der Waals surface area contributed by atoms with Crippen LogP contribution in [0.2, 0.25) is 0 Å². The number of hydrogen-bond acceptors (Lipinski definition) is 3. The number of nitrogens with zero attached hydrogens (tertiary/aromatic N) is 2. The number of para-hydroxylation sites is 3. The van der Waals surface area contributed by atoms with Gasteiger partial charge in [-0.15, -0.1) is 0 Å². The van der Waals surface area contributed by atoms with Crippen molar-refractivity contribution in [2.24, 2.45) is 0 Å². The van der Waals surface area contributed by atoms with E-state index in [1.54, 1.807) is 0 Å². The van der Waals surface area contributed by atoms with Crippen LogP contribution in [0.4, 0.5) is 17.1 Å². The normalized spacial score (nSPS) is 19.3. The van der Waals surface area contributed by atoms with Gasteiger partial charge in [-0.2, -0.15) is 0 Å². The van der Waals surface area contributed by atoms with E-state index in [0.29, 0.717) is 5.37 Å². The Kier molecular flexibility index (Phi) is 4.02. The molecule has 1 atom stereocenters. The van der Waals surface area contributed by atoms with Crippen LogP contribution in [0.15, 0.2) is 102 Å². The van der Waals surface area contributed by atoms with Crippen LogP contribution in [0, 0.1) is 0 Å². The first kappa shape index (κ1) is 16.3. The van der Waals surface area contributed by atoms with Crippen molar-refractivity contribution in [2.75, 3.05) is 16.8 Å². The fraction of sp³-hybridized carbons (Fsp3) is 0.0833. The smallest absolute Gasteiger partial charge is 0.0988 e. The summed E-state index contributed by atoms with van der Waals surface area (Å²) in [5.74, 6) is 0. The maximum Gasteiger partial charge on any atom is 0.0988 e. The molecule has 0 saturated heterocycles. The van der Waals surface area contributed by atoms with E-state index in [0.717, 1.165) is 0 Å². The Morgan fingerprint density at radius 2 is 1.52 bits per heavy atom. The Labute approximate surface area is 164 Å². The molecule has 3 aromatic carbocycles.